The van der Waals surface area contributed by atoms with Crippen molar-refractivity contribution in [3.63, 3.8) is 0 Å². The molecular formula is C20H24O4. The molecule has 0 aliphatic carbocycles. The minimum atomic E-state index is -0.158. The van der Waals surface area contributed by atoms with Gasteiger partial charge in [0.1, 0.15) is 6.61 Å². The van der Waals surface area contributed by atoms with Crippen molar-refractivity contribution < 1.29 is 19.3 Å². The third-order valence-electron chi connectivity index (χ3n) is 3.97. The summed E-state index contributed by atoms with van der Waals surface area (Å²) in [6.07, 6.45) is 3.14. The zero-order chi connectivity index (χ0) is 17.5. The summed E-state index contributed by atoms with van der Waals surface area (Å²) in [7, 11) is 4.82. The first-order valence-corrected chi connectivity index (χ1v) is 8.05. The van der Waals surface area contributed by atoms with Crippen molar-refractivity contribution in [3.8, 4) is 29.1 Å². The summed E-state index contributed by atoms with van der Waals surface area (Å²) in [5, 5.41) is 11.0. The highest BCUT2D eigenvalue weighted by atomic mass is 16.5. The highest BCUT2D eigenvalue weighted by Crippen LogP contribution is 2.44. The van der Waals surface area contributed by atoms with E-state index in [1.165, 1.54) is 5.56 Å². The lowest BCUT2D eigenvalue weighted by molar-refractivity contribution is 0.327. The lowest BCUT2D eigenvalue weighted by atomic mass is 9.96. The van der Waals surface area contributed by atoms with E-state index in [1.54, 1.807) is 21.3 Å². The zero-order valence-electron chi connectivity index (χ0n) is 14.7. The number of unbranched alkanes of at least 4 members (excludes halogenated alkanes) is 1. The maximum absolute atomic E-state index is 9.02. The van der Waals surface area contributed by atoms with Gasteiger partial charge in [-0.05, 0) is 42.0 Å². The molecule has 0 saturated heterocycles. The third-order valence-corrected chi connectivity index (χ3v) is 3.97. The molecule has 4 nitrogen and oxygen atoms in total. The van der Waals surface area contributed by atoms with Gasteiger partial charge in [-0.3, -0.25) is 0 Å². The van der Waals surface area contributed by atoms with Crippen LogP contribution in [0.1, 0.15) is 30.9 Å². The van der Waals surface area contributed by atoms with Gasteiger partial charge in [-0.1, -0.05) is 25.2 Å². The summed E-state index contributed by atoms with van der Waals surface area (Å²) in [6.45, 7) is 2.01. The van der Waals surface area contributed by atoms with Crippen LogP contribution < -0.4 is 14.2 Å². The van der Waals surface area contributed by atoms with Crippen molar-refractivity contribution in [2.45, 2.75) is 26.2 Å². The minimum Gasteiger partial charge on any atom is -0.493 e. The van der Waals surface area contributed by atoms with Crippen LogP contribution in [-0.4, -0.2) is 33.0 Å². The molecule has 0 saturated carbocycles. The second kappa shape index (κ2) is 8.47. The van der Waals surface area contributed by atoms with E-state index in [0.717, 1.165) is 35.6 Å². The standard InChI is InChI=1S/C20H24O4/c1-5-6-8-14-11-16-13-18(22-2)20(24-4)19(23-3)17(16)12-15(14)9-7-10-21/h11-13,21H,5-6,8,10H2,1-4H3. The van der Waals surface area contributed by atoms with Crippen LogP contribution in [0.25, 0.3) is 10.8 Å². The molecule has 24 heavy (non-hydrogen) atoms. The van der Waals surface area contributed by atoms with E-state index in [0.29, 0.717) is 17.2 Å². The summed E-state index contributed by atoms with van der Waals surface area (Å²) >= 11 is 0. The Bertz CT molecular complexity index is 769. The normalized spacial score (nSPS) is 10.2. The Morgan fingerprint density at radius 3 is 2.33 bits per heavy atom. The third kappa shape index (κ3) is 3.58. The minimum absolute atomic E-state index is 0.158. The van der Waals surface area contributed by atoms with Gasteiger partial charge in [-0.15, -0.1) is 0 Å². The highest BCUT2D eigenvalue weighted by molar-refractivity contribution is 5.94. The molecule has 0 aliphatic heterocycles. The molecule has 1 N–H and O–H groups in total. The van der Waals surface area contributed by atoms with E-state index < -0.39 is 0 Å². The van der Waals surface area contributed by atoms with Gasteiger partial charge in [0.2, 0.25) is 5.75 Å². The van der Waals surface area contributed by atoms with Crippen LogP contribution >= 0.6 is 0 Å². The second-order valence-corrected chi connectivity index (χ2v) is 5.44. The average Bonchev–Trinajstić information content (AvgIpc) is 2.62. The number of rotatable bonds is 6. The van der Waals surface area contributed by atoms with Gasteiger partial charge in [0.15, 0.2) is 11.5 Å². The van der Waals surface area contributed by atoms with Crippen LogP contribution in [0.15, 0.2) is 18.2 Å². The largest absolute Gasteiger partial charge is 0.493 e. The quantitative estimate of drug-likeness (QED) is 0.824. The molecule has 128 valence electrons. The van der Waals surface area contributed by atoms with Crippen molar-refractivity contribution in [1.82, 2.24) is 0 Å². The number of ether oxygens (including phenoxy) is 3. The van der Waals surface area contributed by atoms with E-state index in [9.17, 15) is 0 Å². The van der Waals surface area contributed by atoms with Crippen LogP contribution in [0.5, 0.6) is 17.2 Å². The molecule has 0 fully saturated rings. The maximum atomic E-state index is 9.02. The predicted octanol–water partition coefficient (Wildman–Crippen LogP) is 3.55. The second-order valence-electron chi connectivity index (χ2n) is 5.44. The highest BCUT2D eigenvalue weighted by Gasteiger charge is 2.17. The van der Waals surface area contributed by atoms with E-state index in [-0.39, 0.29) is 6.61 Å². The molecule has 2 aromatic carbocycles. The Morgan fingerprint density at radius 2 is 1.75 bits per heavy atom. The number of fused-ring (bicyclic) bond motifs is 1. The fraction of sp³-hybridized carbons (Fsp3) is 0.400. The first-order valence-electron chi connectivity index (χ1n) is 8.05. The van der Waals surface area contributed by atoms with E-state index >= 15 is 0 Å². The zero-order valence-corrected chi connectivity index (χ0v) is 14.7. The fourth-order valence-corrected chi connectivity index (χ4v) is 2.79. The molecule has 0 unspecified atom stereocenters. The first kappa shape index (κ1) is 18.0. The van der Waals surface area contributed by atoms with Crippen LogP contribution in [-0.2, 0) is 6.42 Å². The van der Waals surface area contributed by atoms with Crippen LogP contribution in [0.2, 0.25) is 0 Å². The van der Waals surface area contributed by atoms with E-state index in [2.05, 4.69) is 24.8 Å². The van der Waals surface area contributed by atoms with Crippen LogP contribution in [0.4, 0.5) is 0 Å². The monoisotopic (exact) mass is 328 g/mol. The topological polar surface area (TPSA) is 47.9 Å². The number of benzene rings is 2. The molecule has 0 aliphatic rings. The van der Waals surface area contributed by atoms with Gasteiger partial charge in [0.05, 0.1) is 21.3 Å². The summed E-state index contributed by atoms with van der Waals surface area (Å²) in [4.78, 5) is 0. The lowest BCUT2D eigenvalue weighted by Crippen LogP contribution is -1.98. The van der Waals surface area contributed by atoms with Crippen LogP contribution in [0.3, 0.4) is 0 Å². The number of aryl methyl sites for hydroxylation is 1. The number of hydrogen-bond acceptors (Lipinski definition) is 4. The summed E-state index contributed by atoms with van der Waals surface area (Å²) in [5.41, 5.74) is 2.08. The smallest absolute Gasteiger partial charge is 0.203 e. The molecule has 0 amide bonds. The first-order chi connectivity index (χ1) is 11.7. The Labute approximate surface area is 143 Å². The number of hydrogen-bond donors (Lipinski definition) is 1. The van der Waals surface area contributed by atoms with E-state index in [1.807, 2.05) is 12.1 Å². The Kier molecular flexibility index (Phi) is 6.34. The van der Waals surface area contributed by atoms with Gasteiger partial charge in [0.25, 0.3) is 0 Å². The fourth-order valence-electron chi connectivity index (χ4n) is 2.79. The number of methoxy groups -OCH3 is 3. The summed E-state index contributed by atoms with van der Waals surface area (Å²) in [6, 6.07) is 6.08. The van der Waals surface area contributed by atoms with Crippen molar-refractivity contribution in [2.75, 3.05) is 27.9 Å². The molecule has 0 heterocycles. The molecule has 2 rings (SSSR count). The summed E-state index contributed by atoms with van der Waals surface area (Å²) < 4.78 is 16.5. The summed E-state index contributed by atoms with van der Waals surface area (Å²) in [5.74, 6) is 7.62. The Balaban J connectivity index is 2.75. The Morgan fingerprint density at radius 1 is 1.00 bits per heavy atom. The number of aliphatic hydroxyl groups excluding tert-OH is 1. The van der Waals surface area contributed by atoms with Gasteiger partial charge < -0.3 is 19.3 Å². The maximum Gasteiger partial charge on any atom is 0.203 e. The van der Waals surface area contributed by atoms with Gasteiger partial charge in [-0.2, -0.15) is 0 Å². The molecule has 0 radical (unpaired) electrons. The van der Waals surface area contributed by atoms with Crippen molar-refractivity contribution >= 4 is 10.8 Å². The Hall–Kier alpha value is -2.38. The molecule has 0 aromatic heterocycles. The average molecular weight is 328 g/mol. The number of aliphatic hydroxyl groups is 1. The lowest BCUT2D eigenvalue weighted by Gasteiger charge is -2.16. The molecular weight excluding hydrogens is 304 g/mol. The SMILES string of the molecule is CCCCc1cc2cc(OC)c(OC)c(OC)c2cc1C#CCO. The predicted molar refractivity (Wildman–Crippen MR) is 96.2 cm³/mol. The van der Waals surface area contributed by atoms with Gasteiger partial charge >= 0.3 is 0 Å². The van der Waals surface area contributed by atoms with Gasteiger partial charge in [-0.25, -0.2) is 0 Å². The van der Waals surface area contributed by atoms with Gasteiger partial charge in [0, 0.05) is 10.9 Å². The van der Waals surface area contributed by atoms with Crippen LogP contribution in [0, 0.1) is 11.8 Å². The van der Waals surface area contributed by atoms with Crippen molar-refractivity contribution in [2.24, 2.45) is 0 Å². The molecule has 0 atom stereocenters. The molecule has 2 aromatic rings. The van der Waals surface area contributed by atoms with Crippen molar-refractivity contribution in [3.05, 3.63) is 29.3 Å². The van der Waals surface area contributed by atoms with Crippen molar-refractivity contribution in [1.29, 1.82) is 0 Å². The molecule has 4 heteroatoms. The molecule has 0 bridgehead atoms. The van der Waals surface area contributed by atoms with E-state index in [4.69, 9.17) is 19.3 Å². The molecule has 0 spiro atoms.